The molecule has 0 bridgehead atoms. The second-order valence-corrected chi connectivity index (χ2v) is 4.15. The van der Waals surface area contributed by atoms with Crippen molar-refractivity contribution in [1.29, 1.82) is 0 Å². The lowest BCUT2D eigenvalue weighted by Gasteiger charge is -2.16. The molecule has 6 heteroatoms. The van der Waals surface area contributed by atoms with Crippen LogP contribution in [0.1, 0.15) is 19.8 Å². The molecule has 3 N–H and O–H groups in total. The summed E-state index contributed by atoms with van der Waals surface area (Å²) in [6, 6.07) is 9.07. The number of rotatable bonds is 8. The molecule has 0 saturated heterocycles. The first-order valence-corrected chi connectivity index (χ1v) is 6.57. The van der Waals surface area contributed by atoms with E-state index in [2.05, 4.69) is 10.9 Å². The summed E-state index contributed by atoms with van der Waals surface area (Å²) >= 11 is 0. The summed E-state index contributed by atoms with van der Waals surface area (Å²) in [5.41, 5.74) is 5.92. The van der Waals surface area contributed by atoms with Crippen LogP contribution in [-0.2, 0) is 14.3 Å². The van der Waals surface area contributed by atoms with Gasteiger partial charge in [-0.25, -0.2) is 0 Å². The maximum atomic E-state index is 12.0. The number of aliphatic hydroxyl groups is 1. The van der Waals surface area contributed by atoms with Crippen molar-refractivity contribution in [3.8, 4) is 0 Å². The van der Waals surface area contributed by atoms with Crippen LogP contribution in [0.2, 0.25) is 0 Å². The number of carbonyl (C=O) groups is 2. The number of carbonyl (C=O) groups excluding carboxylic acids is 2. The molecule has 1 aromatic rings. The van der Waals surface area contributed by atoms with Gasteiger partial charge >= 0.3 is 5.97 Å². The zero-order chi connectivity index (χ0) is 14.8. The van der Waals surface area contributed by atoms with Gasteiger partial charge in [0, 0.05) is 6.61 Å². The molecule has 0 aliphatic rings. The van der Waals surface area contributed by atoms with Gasteiger partial charge in [-0.2, -0.15) is 0 Å². The van der Waals surface area contributed by atoms with E-state index in [0.29, 0.717) is 12.1 Å². The average Bonchev–Trinajstić information content (AvgIpc) is 2.47. The van der Waals surface area contributed by atoms with Gasteiger partial charge in [-0.15, -0.1) is 0 Å². The van der Waals surface area contributed by atoms with E-state index in [9.17, 15) is 9.59 Å². The first-order valence-electron chi connectivity index (χ1n) is 6.57. The van der Waals surface area contributed by atoms with Crippen molar-refractivity contribution in [3.63, 3.8) is 0 Å². The summed E-state index contributed by atoms with van der Waals surface area (Å²) in [6.45, 7) is 1.82. The van der Waals surface area contributed by atoms with Crippen molar-refractivity contribution in [3.05, 3.63) is 30.3 Å². The van der Waals surface area contributed by atoms with E-state index in [1.807, 2.05) is 18.2 Å². The maximum absolute atomic E-state index is 12.0. The molecule has 1 aromatic carbocycles. The van der Waals surface area contributed by atoms with Gasteiger partial charge in [0.2, 0.25) is 0 Å². The Kier molecular flexibility index (Phi) is 7.13. The molecule has 0 aliphatic heterocycles. The quantitative estimate of drug-likeness (QED) is 0.377. The van der Waals surface area contributed by atoms with Gasteiger partial charge in [-0.3, -0.25) is 20.4 Å². The Morgan fingerprint density at radius 1 is 1.30 bits per heavy atom. The Labute approximate surface area is 118 Å². The number of amides is 1. The van der Waals surface area contributed by atoms with Crippen molar-refractivity contribution >= 4 is 17.6 Å². The summed E-state index contributed by atoms with van der Waals surface area (Å²) in [4.78, 5) is 23.7. The molecule has 20 heavy (non-hydrogen) atoms. The van der Waals surface area contributed by atoms with E-state index in [0.717, 1.165) is 0 Å². The summed E-state index contributed by atoms with van der Waals surface area (Å²) in [5.74, 6) is -1.97. The van der Waals surface area contributed by atoms with E-state index in [1.54, 1.807) is 19.1 Å². The summed E-state index contributed by atoms with van der Waals surface area (Å²) in [5, 5.41) is 8.82. The minimum absolute atomic E-state index is 0.0741. The molecule has 110 valence electrons. The van der Waals surface area contributed by atoms with Crippen LogP contribution in [-0.4, -0.2) is 30.2 Å². The summed E-state index contributed by atoms with van der Waals surface area (Å²) in [6.07, 6.45) is 0.611. The third-order valence-corrected chi connectivity index (χ3v) is 2.64. The number of esters is 1. The first kappa shape index (κ1) is 16.0. The van der Waals surface area contributed by atoms with Crippen molar-refractivity contribution in [2.24, 2.45) is 5.92 Å². The normalized spacial score (nSPS) is 11.5. The Morgan fingerprint density at radius 3 is 2.60 bits per heavy atom. The maximum Gasteiger partial charge on any atom is 0.318 e. The molecule has 0 saturated carbocycles. The van der Waals surface area contributed by atoms with Crippen molar-refractivity contribution < 1.29 is 19.4 Å². The van der Waals surface area contributed by atoms with Crippen LogP contribution in [0, 0.1) is 5.92 Å². The highest BCUT2D eigenvalue weighted by Crippen LogP contribution is 2.10. The van der Waals surface area contributed by atoms with Crippen LogP contribution in [0.15, 0.2) is 30.3 Å². The minimum atomic E-state index is -0.918. The number of para-hydroxylation sites is 1. The minimum Gasteiger partial charge on any atom is -0.465 e. The number of hydrogen-bond donors (Lipinski definition) is 3. The van der Waals surface area contributed by atoms with E-state index in [-0.39, 0.29) is 19.6 Å². The smallest absolute Gasteiger partial charge is 0.318 e. The zero-order valence-corrected chi connectivity index (χ0v) is 11.5. The zero-order valence-electron chi connectivity index (χ0n) is 11.5. The Balaban J connectivity index is 2.56. The third-order valence-electron chi connectivity index (χ3n) is 2.64. The number of aliphatic hydroxyl groups excluding tert-OH is 1. The van der Waals surface area contributed by atoms with Crippen LogP contribution in [0.4, 0.5) is 5.69 Å². The molecule has 1 amide bonds. The third kappa shape index (κ3) is 5.27. The second-order valence-electron chi connectivity index (χ2n) is 4.15. The predicted octanol–water partition coefficient (Wildman–Crippen LogP) is 1.08. The van der Waals surface area contributed by atoms with Crippen molar-refractivity contribution in [1.82, 2.24) is 5.43 Å². The Bertz CT molecular complexity index is 422. The highest BCUT2D eigenvalue weighted by atomic mass is 16.5. The van der Waals surface area contributed by atoms with E-state index in [1.165, 1.54) is 0 Å². The number of benzene rings is 1. The van der Waals surface area contributed by atoms with Crippen LogP contribution in [0.25, 0.3) is 0 Å². The first-order chi connectivity index (χ1) is 9.69. The van der Waals surface area contributed by atoms with Gasteiger partial charge in [0.1, 0.15) is 5.92 Å². The second kappa shape index (κ2) is 8.92. The molecule has 6 nitrogen and oxygen atoms in total. The number of anilines is 1. The monoisotopic (exact) mass is 280 g/mol. The Morgan fingerprint density at radius 2 is 2.00 bits per heavy atom. The fourth-order valence-corrected chi connectivity index (χ4v) is 1.64. The van der Waals surface area contributed by atoms with Gasteiger partial charge in [-0.05, 0) is 31.9 Å². The molecular weight excluding hydrogens is 260 g/mol. The van der Waals surface area contributed by atoms with Crippen LogP contribution >= 0.6 is 0 Å². The summed E-state index contributed by atoms with van der Waals surface area (Å²) in [7, 11) is 0. The lowest BCUT2D eigenvalue weighted by atomic mass is 10.0. The molecular formula is C14H20N2O4. The standard InChI is InChI=1S/C14H20N2O4/c1-2-20-14(19)12(9-6-10-17)13(18)16-15-11-7-4-3-5-8-11/h3-5,7-8,12,15,17H,2,6,9-10H2,1H3,(H,16,18)/t12-/m0/s1. The lowest BCUT2D eigenvalue weighted by Crippen LogP contribution is -2.39. The van der Waals surface area contributed by atoms with Crippen LogP contribution in [0.3, 0.4) is 0 Å². The lowest BCUT2D eigenvalue weighted by molar-refractivity contribution is -0.152. The predicted molar refractivity (Wildman–Crippen MR) is 74.7 cm³/mol. The highest BCUT2D eigenvalue weighted by molar-refractivity contribution is 5.98. The van der Waals surface area contributed by atoms with E-state index in [4.69, 9.17) is 9.84 Å². The van der Waals surface area contributed by atoms with Crippen LogP contribution < -0.4 is 10.9 Å². The molecule has 1 rings (SSSR count). The SMILES string of the molecule is CCOC(=O)[C@@H](CCCO)C(=O)NNc1ccccc1. The van der Waals surface area contributed by atoms with Gasteiger partial charge < -0.3 is 9.84 Å². The van der Waals surface area contributed by atoms with Crippen molar-refractivity contribution in [2.75, 3.05) is 18.6 Å². The molecule has 1 atom stereocenters. The highest BCUT2D eigenvalue weighted by Gasteiger charge is 2.27. The van der Waals surface area contributed by atoms with Gasteiger partial charge in [-0.1, -0.05) is 18.2 Å². The topological polar surface area (TPSA) is 87.7 Å². The number of hydrogen-bond acceptors (Lipinski definition) is 5. The van der Waals surface area contributed by atoms with Gasteiger partial charge in [0.05, 0.1) is 12.3 Å². The molecule has 0 spiro atoms. The molecule has 0 radical (unpaired) electrons. The number of hydrazine groups is 1. The number of nitrogens with one attached hydrogen (secondary N) is 2. The molecule has 0 aromatic heterocycles. The Hall–Kier alpha value is -2.08. The molecule has 0 heterocycles. The van der Waals surface area contributed by atoms with Crippen molar-refractivity contribution in [2.45, 2.75) is 19.8 Å². The molecule has 0 aliphatic carbocycles. The molecule has 0 fully saturated rings. The average molecular weight is 280 g/mol. The van der Waals surface area contributed by atoms with Gasteiger partial charge in [0.15, 0.2) is 0 Å². The summed E-state index contributed by atoms with van der Waals surface area (Å²) < 4.78 is 4.87. The fourth-order valence-electron chi connectivity index (χ4n) is 1.64. The largest absolute Gasteiger partial charge is 0.465 e. The van der Waals surface area contributed by atoms with Gasteiger partial charge in [0.25, 0.3) is 5.91 Å². The fraction of sp³-hybridized carbons (Fsp3) is 0.429. The van der Waals surface area contributed by atoms with E-state index < -0.39 is 17.8 Å². The van der Waals surface area contributed by atoms with Crippen LogP contribution in [0.5, 0.6) is 0 Å². The molecule has 0 unspecified atom stereocenters. The number of ether oxygens (including phenoxy) is 1. The van der Waals surface area contributed by atoms with E-state index >= 15 is 0 Å².